The Kier molecular flexibility index (Phi) is 3.38. The molecule has 2 N–H and O–H groups in total. The summed E-state index contributed by atoms with van der Waals surface area (Å²) in [4.78, 5) is 4.68. The van der Waals surface area contributed by atoms with Crippen LogP contribution in [0.2, 0.25) is 0 Å². The Morgan fingerprint density at radius 3 is 2.70 bits per heavy atom. The second-order valence-electron chi connectivity index (χ2n) is 5.85. The molecule has 3 heteroatoms. The average molecular weight is 270 g/mol. The number of aryl methyl sites for hydroxylation is 1. The van der Waals surface area contributed by atoms with E-state index in [0.717, 1.165) is 48.0 Å². The molecule has 106 valence electrons. The molecule has 0 saturated heterocycles. The predicted octanol–water partition coefficient (Wildman–Crippen LogP) is 3.43. The third-order valence-electron chi connectivity index (χ3n) is 4.43. The second kappa shape index (κ2) is 5.06. The average Bonchev–Trinajstić information content (AvgIpc) is 2.42. The van der Waals surface area contributed by atoms with Gasteiger partial charge < -0.3 is 10.4 Å². The van der Waals surface area contributed by atoms with Gasteiger partial charge in [-0.05, 0) is 44.2 Å². The minimum absolute atomic E-state index is 0.511. The van der Waals surface area contributed by atoms with E-state index in [-0.39, 0.29) is 0 Å². The number of aromatic nitrogens is 1. The zero-order chi connectivity index (χ0) is 14.2. The Balaban J connectivity index is 2.01. The minimum Gasteiger partial charge on any atom is -0.388 e. The number of hydrogen-bond acceptors (Lipinski definition) is 3. The number of anilines is 1. The fourth-order valence-corrected chi connectivity index (χ4v) is 3.02. The van der Waals surface area contributed by atoms with Gasteiger partial charge in [0.1, 0.15) is 0 Å². The van der Waals surface area contributed by atoms with Crippen LogP contribution in [0.25, 0.3) is 10.9 Å². The van der Waals surface area contributed by atoms with Crippen LogP contribution in [0.3, 0.4) is 0 Å². The monoisotopic (exact) mass is 270 g/mol. The smallest absolute Gasteiger partial charge is 0.0819 e. The summed E-state index contributed by atoms with van der Waals surface area (Å²) in [6.45, 7) is 4.85. The number of fused-ring (bicyclic) bond motifs is 1. The highest BCUT2D eigenvalue weighted by Gasteiger charge is 2.34. The maximum absolute atomic E-state index is 10.3. The van der Waals surface area contributed by atoms with E-state index in [9.17, 15) is 5.11 Å². The summed E-state index contributed by atoms with van der Waals surface area (Å²) in [7, 11) is 0. The number of aliphatic hydroxyl groups is 1. The van der Waals surface area contributed by atoms with E-state index in [0.29, 0.717) is 6.54 Å². The van der Waals surface area contributed by atoms with Gasteiger partial charge in [-0.25, -0.2) is 0 Å². The van der Waals surface area contributed by atoms with Crippen LogP contribution in [0.1, 0.15) is 37.4 Å². The number of hydrogen-bond donors (Lipinski definition) is 2. The lowest BCUT2D eigenvalue weighted by Crippen LogP contribution is -2.43. The molecule has 3 nitrogen and oxygen atoms in total. The van der Waals surface area contributed by atoms with Crippen molar-refractivity contribution in [3.8, 4) is 0 Å². The molecule has 3 rings (SSSR count). The molecule has 1 fully saturated rings. The Hall–Kier alpha value is -1.61. The molecule has 1 aromatic heterocycles. The van der Waals surface area contributed by atoms with Gasteiger partial charge in [0.15, 0.2) is 0 Å². The van der Waals surface area contributed by atoms with Crippen LogP contribution >= 0.6 is 0 Å². The Bertz CT molecular complexity index is 632. The lowest BCUT2D eigenvalue weighted by molar-refractivity contribution is -0.0201. The Labute approximate surface area is 120 Å². The van der Waals surface area contributed by atoms with Crippen molar-refractivity contribution < 1.29 is 5.11 Å². The highest BCUT2D eigenvalue weighted by Crippen LogP contribution is 2.34. The fourth-order valence-electron chi connectivity index (χ4n) is 3.02. The molecule has 0 unspecified atom stereocenters. The number of nitrogens with zero attached hydrogens (tertiary/aromatic N) is 1. The first-order valence-electron chi connectivity index (χ1n) is 7.47. The third-order valence-corrected chi connectivity index (χ3v) is 4.43. The lowest BCUT2D eigenvalue weighted by Gasteiger charge is -2.37. The Morgan fingerprint density at radius 2 is 2.05 bits per heavy atom. The normalized spacial score (nSPS) is 16.9. The molecule has 20 heavy (non-hydrogen) atoms. The third kappa shape index (κ3) is 2.27. The van der Waals surface area contributed by atoms with E-state index in [1.165, 1.54) is 5.56 Å². The first-order valence-corrected chi connectivity index (χ1v) is 7.47. The van der Waals surface area contributed by atoms with E-state index in [2.05, 4.69) is 30.2 Å². The van der Waals surface area contributed by atoms with Crippen molar-refractivity contribution in [2.75, 3.05) is 11.9 Å². The van der Waals surface area contributed by atoms with Crippen molar-refractivity contribution in [2.45, 2.75) is 45.1 Å². The zero-order valence-corrected chi connectivity index (χ0v) is 12.2. The molecule has 1 aliphatic carbocycles. The largest absolute Gasteiger partial charge is 0.388 e. The standard InChI is InChI=1S/C17H22N2O/c1-3-13-12(2)19-15-8-5-4-7-14(15)16(13)18-11-17(20)9-6-10-17/h4-5,7-8,20H,3,6,9-11H2,1-2H3,(H,18,19). The minimum atomic E-state index is -0.511. The predicted molar refractivity (Wildman–Crippen MR) is 83.1 cm³/mol. The van der Waals surface area contributed by atoms with Gasteiger partial charge in [-0.15, -0.1) is 0 Å². The molecular formula is C17H22N2O. The summed E-state index contributed by atoms with van der Waals surface area (Å²) >= 11 is 0. The summed E-state index contributed by atoms with van der Waals surface area (Å²) in [5.41, 5.74) is 3.99. The lowest BCUT2D eigenvalue weighted by atomic mass is 9.80. The first-order chi connectivity index (χ1) is 9.63. The van der Waals surface area contributed by atoms with Gasteiger partial charge in [-0.3, -0.25) is 4.98 Å². The van der Waals surface area contributed by atoms with Gasteiger partial charge >= 0.3 is 0 Å². The maximum Gasteiger partial charge on any atom is 0.0819 e. The first kappa shape index (κ1) is 13.4. The summed E-state index contributed by atoms with van der Waals surface area (Å²) in [5, 5.41) is 14.9. The van der Waals surface area contributed by atoms with Crippen LogP contribution in [0.15, 0.2) is 24.3 Å². The summed E-state index contributed by atoms with van der Waals surface area (Å²) in [6, 6.07) is 8.21. The van der Waals surface area contributed by atoms with Gasteiger partial charge in [0, 0.05) is 23.3 Å². The van der Waals surface area contributed by atoms with Gasteiger partial charge in [-0.1, -0.05) is 25.1 Å². The summed E-state index contributed by atoms with van der Waals surface area (Å²) < 4.78 is 0. The second-order valence-corrected chi connectivity index (χ2v) is 5.85. The highest BCUT2D eigenvalue weighted by molar-refractivity contribution is 5.93. The SMILES string of the molecule is CCc1c(C)nc2ccccc2c1NCC1(O)CCC1. The molecule has 0 bridgehead atoms. The zero-order valence-electron chi connectivity index (χ0n) is 12.2. The molecule has 0 amide bonds. The number of nitrogens with one attached hydrogen (secondary N) is 1. The highest BCUT2D eigenvalue weighted by atomic mass is 16.3. The van der Waals surface area contributed by atoms with Crippen LogP contribution in [-0.2, 0) is 6.42 Å². The van der Waals surface area contributed by atoms with Crippen LogP contribution < -0.4 is 5.32 Å². The van der Waals surface area contributed by atoms with Crippen molar-refractivity contribution in [1.82, 2.24) is 4.98 Å². The summed E-state index contributed by atoms with van der Waals surface area (Å²) in [6.07, 6.45) is 3.90. The van der Waals surface area contributed by atoms with Crippen molar-refractivity contribution in [1.29, 1.82) is 0 Å². The van der Waals surface area contributed by atoms with Gasteiger partial charge in [-0.2, -0.15) is 0 Å². The van der Waals surface area contributed by atoms with Crippen molar-refractivity contribution >= 4 is 16.6 Å². The molecule has 1 saturated carbocycles. The molecule has 1 aromatic carbocycles. The molecule has 2 aromatic rings. The number of para-hydroxylation sites is 1. The fraction of sp³-hybridized carbons (Fsp3) is 0.471. The molecular weight excluding hydrogens is 248 g/mol. The van der Waals surface area contributed by atoms with Gasteiger partial charge in [0.2, 0.25) is 0 Å². The van der Waals surface area contributed by atoms with Crippen LogP contribution in [0.5, 0.6) is 0 Å². The van der Waals surface area contributed by atoms with E-state index < -0.39 is 5.60 Å². The number of rotatable bonds is 4. The van der Waals surface area contributed by atoms with Gasteiger partial charge in [0.05, 0.1) is 11.1 Å². The van der Waals surface area contributed by atoms with E-state index in [1.807, 2.05) is 18.2 Å². The van der Waals surface area contributed by atoms with E-state index in [4.69, 9.17) is 0 Å². The molecule has 0 atom stereocenters. The van der Waals surface area contributed by atoms with Crippen LogP contribution in [-0.4, -0.2) is 22.2 Å². The van der Waals surface area contributed by atoms with Crippen LogP contribution in [0, 0.1) is 6.92 Å². The number of benzene rings is 1. The van der Waals surface area contributed by atoms with Gasteiger partial charge in [0.25, 0.3) is 0 Å². The van der Waals surface area contributed by atoms with E-state index >= 15 is 0 Å². The van der Waals surface area contributed by atoms with Crippen molar-refractivity contribution in [2.24, 2.45) is 0 Å². The van der Waals surface area contributed by atoms with Crippen LogP contribution in [0.4, 0.5) is 5.69 Å². The number of pyridine rings is 1. The van der Waals surface area contributed by atoms with Crippen molar-refractivity contribution in [3.63, 3.8) is 0 Å². The summed E-state index contributed by atoms with van der Waals surface area (Å²) in [5.74, 6) is 0. The maximum atomic E-state index is 10.3. The topological polar surface area (TPSA) is 45.2 Å². The molecule has 0 spiro atoms. The molecule has 1 heterocycles. The molecule has 0 aliphatic heterocycles. The Morgan fingerprint density at radius 1 is 1.30 bits per heavy atom. The van der Waals surface area contributed by atoms with Crippen molar-refractivity contribution in [3.05, 3.63) is 35.5 Å². The quantitative estimate of drug-likeness (QED) is 0.894. The molecule has 1 aliphatic rings. The molecule has 0 radical (unpaired) electrons. The van der Waals surface area contributed by atoms with E-state index in [1.54, 1.807) is 0 Å².